The quantitative estimate of drug-likeness (QED) is 0.450. The lowest BCUT2D eigenvalue weighted by molar-refractivity contribution is 1.00. The summed E-state index contributed by atoms with van der Waals surface area (Å²) in [6, 6.07) is 23.2. The summed E-state index contributed by atoms with van der Waals surface area (Å²) in [6.07, 6.45) is 3.54. The van der Waals surface area contributed by atoms with E-state index in [0.717, 1.165) is 44.6 Å². The highest BCUT2D eigenvalue weighted by Crippen LogP contribution is 2.28. The van der Waals surface area contributed by atoms with Crippen molar-refractivity contribution in [1.29, 1.82) is 0 Å². The van der Waals surface area contributed by atoms with Gasteiger partial charge >= 0.3 is 0 Å². The standard InChI is InChI=1S/C24H18N4O/c1-16-22(8-5-13-25-16)28-23(29)12-9-17-15-26-21-11-10-19(14-20(21)24(17)28)27-18-6-3-2-4-7-18/h2-15,27H,1H3. The van der Waals surface area contributed by atoms with Gasteiger partial charge in [0.25, 0.3) is 5.56 Å². The lowest BCUT2D eigenvalue weighted by atomic mass is 10.1. The van der Waals surface area contributed by atoms with E-state index in [2.05, 4.69) is 15.3 Å². The highest BCUT2D eigenvalue weighted by Gasteiger charge is 2.12. The van der Waals surface area contributed by atoms with E-state index in [1.807, 2.05) is 79.9 Å². The molecule has 0 aliphatic heterocycles. The fourth-order valence-electron chi connectivity index (χ4n) is 3.63. The molecular formula is C24H18N4O. The molecule has 0 fully saturated rings. The van der Waals surface area contributed by atoms with Crippen LogP contribution in [0.25, 0.3) is 27.5 Å². The number of hydrogen-bond donors (Lipinski definition) is 1. The van der Waals surface area contributed by atoms with Gasteiger partial charge in [-0.1, -0.05) is 18.2 Å². The molecule has 0 saturated carbocycles. The molecule has 5 rings (SSSR count). The molecule has 0 radical (unpaired) electrons. The van der Waals surface area contributed by atoms with Gasteiger partial charge in [-0.2, -0.15) is 0 Å². The third kappa shape index (κ3) is 3.02. The van der Waals surface area contributed by atoms with Gasteiger partial charge in [0.05, 0.1) is 22.4 Å². The molecule has 0 atom stereocenters. The smallest absolute Gasteiger partial charge is 0.255 e. The zero-order valence-corrected chi connectivity index (χ0v) is 15.8. The van der Waals surface area contributed by atoms with Crippen molar-refractivity contribution in [3.63, 3.8) is 0 Å². The van der Waals surface area contributed by atoms with Crippen LogP contribution in [0.2, 0.25) is 0 Å². The Morgan fingerprint density at radius 2 is 1.72 bits per heavy atom. The van der Waals surface area contributed by atoms with Crippen molar-refractivity contribution >= 4 is 33.2 Å². The number of benzene rings is 2. The summed E-state index contributed by atoms with van der Waals surface area (Å²) in [4.78, 5) is 21.9. The normalized spacial score (nSPS) is 11.1. The van der Waals surface area contributed by atoms with Crippen LogP contribution in [0.5, 0.6) is 0 Å². The van der Waals surface area contributed by atoms with Crippen molar-refractivity contribution in [3.8, 4) is 5.69 Å². The zero-order valence-electron chi connectivity index (χ0n) is 15.8. The molecule has 140 valence electrons. The molecule has 1 N–H and O–H groups in total. The fourth-order valence-corrected chi connectivity index (χ4v) is 3.63. The van der Waals surface area contributed by atoms with Crippen LogP contribution < -0.4 is 10.9 Å². The van der Waals surface area contributed by atoms with E-state index in [0.29, 0.717) is 0 Å². The van der Waals surface area contributed by atoms with Gasteiger partial charge < -0.3 is 5.32 Å². The average Bonchev–Trinajstić information content (AvgIpc) is 2.75. The lowest BCUT2D eigenvalue weighted by Gasteiger charge is -2.15. The summed E-state index contributed by atoms with van der Waals surface area (Å²) in [5.74, 6) is 0. The van der Waals surface area contributed by atoms with Crippen LogP contribution in [-0.2, 0) is 0 Å². The number of aryl methyl sites for hydroxylation is 1. The minimum absolute atomic E-state index is 0.0949. The predicted molar refractivity (Wildman–Crippen MR) is 117 cm³/mol. The minimum atomic E-state index is -0.0949. The van der Waals surface area contributed by atoms with E-state index < -0.39 is 0 Å². The van der Waals surface area contributed by atoms with Gasteiger partial charge in [0, 0.05) is 40.6 Å². The summed E-state index contributed by atoms with van der Waals surface area (Å²) in [7, 11) is 0. The molecule has 3 heterocycles. The van der Waals surface area contributed by atoms with E-state index >= 15 is 0 Å². The number of anilines is 2. The summed E-state index contributed by atoms with van der Waals surface area (Å²) in [6.45, 7) is 1.91. The SMILES string of the molecule is Cc1ncccc1-n1c(=O)ccc2cnc3ccc(Nc4ccccc4)cc3c21. The average molecular weight is 378 g/mol. The van der Waals surface area contributed by atoms with Gasteiger partial charge in [-0.15, -0.1) is 0 Å². The Morgan fingerprint density at radius 1 is 0.862 bits per heavy atom. The van der Waals surface area contributed by atoms with Crippen LogP contribution in [-0.4, -0.2) is 14.5 Å². The monoisotopic (exact) mass is 378 g/mol. The topological polar surface area (TPSA) is 59.8 Å². The molecule has 0 aliphatic rings. The van der Waals surface area contributed by atoms with Crippen LogP contribution in [0.4, 0.5) is 11.4 Å². The number of aromatic nitrogens is 3. The molecule has 0 spiro atoms. The summed E-state index contributed by atoms with van der Waals surface area (Å²) < 4.78 is 1.73. The first-order valence-electron chi connectivity index (χ1n) is 9.39. The number of nitrogens with zero attached hydrogens (tertiary/aromatic N) is 3. The van der Waals surface area contributed by atoms with Crippen LogP contribution in [0.3, 0.4) is 0 Å². The number of nitrogens with one attached hydrogen (secondary N) is 1. The first-order valence-corrected chi connectivity index (χ1v) is 9.39. The molecule has 5 nitrogen and oxygen atoms in total. The first kappa shape index (κ1) is 17.1. The zero-order chi connectivity index (χ0) is 19.8. The number of fused-ring (bicyclic) bond motifs is 3. The number of pyridine rings is 3. The number of hydrogen-bond acceptors (Lipinski definition) is 4. The molecule has 0 aliphatic carbocycles. The Morgan fingerprint density at radius 3 is 2.55 bits per heavy atom. The molecule has 5 aromatic rings. The second kappa shape index (κ2) is 6.87. The second-order valence-electron chi connectivity index (χ2n) is 6.90. The number of para-hydroxylation sites is 1. The van der Waals surface area contributed by atoms with Gasteiger partial charge in [-0.25, -0.2) is 0 Å². The molecule has 0 unspecified atom stereocenters. The lowest BCUT2D eigenvalue weighted by Crippen LogP contribution is -2.19. The first-order chi connectivity index (χ1) is 14.2. The number of rotatable bonds is 3. The van der Waals surface area contributed by atoms with E-state index in [9.17, 15) is 4.79 Å². The Hall–Kier alpha value is -3.99. The van der Waals surface area contributed by atoms with Gasteiger partial charge in [0.15, 0.2) is 0 Å². The summed E-state index contributed by atoms with van der Waals surface area (Å²) >= 11 is 0. The molecule has 5 heteroatoms. The Bertz CT molecular complexity index is 1410. The maximum Gasteiger partial charge on any atom is 0.255 e. The molecule has 29 heavy (non-hydrogen) atoms. The van der Waals surface area contributed by atoms with Gasteiger partial charge in [-0.3, -0.25) is 19.3 Å². The summed E-state index contributed by atoms with van der Waals surface area (Å²) in [5, 5.41) is 5.23. The Balaban J connectivity index is 1.81. The second-order valence-corrected chi connectivity index (χ2v) is 6.90. The van der Waals surface area contributed by atoms with Gasteiger partial charge in [0.1, 0.15) is 0 Å². The van der Waals surface area contributed by atoms with Crippen molar-refractivity contribution in [3.05, 3.63) is 101 Å². The molecule has 0 amide bonds. The predicted octanol–water partition coefficient (Wildman–Crippen LogP) is 4.99. The molecule has 0 saturated heterocycles. The van der Waals surface area contributed by atoms with Crippen LogP contribution >= 0.6 is 0 Å². The van der Waals surface area contributed by atoms with E-state index in [1.165, 1.54) is 0 Å². The third-order valence-corrected chi connectivity index (χ3v) is 5.00. The van der Waals surface area contributed by atoms with Crippen molar-refractivity contribution in [2.45, 2.75) is 6.92 Å². The highest BCUT2D eigenvalue weighted by molar-refractivity contribution is 6.05. The molecule has 0 bridgehead atoms. The van der Waals surface area contributed by atoms with E-state index in [4.69, 9.17) is 0 Å². The van der Waals surface area contributed by atoms with E-state index in [-0.39, 0.29) is 5.56 Å². The van der Waals surface area contributed by atoms with Gasteiger partial charge in [0.2, 0.25) is 0 Å². The maximum absolute atomic E-state index is 12.9. The van der Waals surface area contributed by atoms with Crippen molar-refractivity contribution in [2.24, 2.45) is 0 Å². The van der Waals surface area contributed by atoms with Crippen molar-refractivity contribution < 1.29 is 0 Å². The highest BCUT2D eigenvalue weighted by atomic mass is 16.1. The van der Waals surface area contributed by atoms with Crippen LogP contribution in [0.15, 0.2) is 90.0 Å². The largest absolute Gasteiger partial charge is 0.356 e. The molecule has 3 aromatic heterocycles. The molecular weight excluding hydrogens is 360 g/mol. The van der Waals surface area contributed by atoms with Gasteiger partial charge in [-0.05, 0) is 55.5 Å². The van der Waals surface area contributed by atoms with Crippen LogP contribution in [0.1, 0.15) is 5.69 Å². The Labute approximate surface area is 167 Å². The summed E-state index contributed by atoms with van der Waals surface area (Å²) in [5.41, 5.74) is 5.07. The maximum atomic E-state index is 12.9. The third-order valence-electron chi connectivity index (χ3n) is 5.00. The molecule has 2 aromatic carbocycles. The van der Waals surface area contributed by atoms with Crippen LogP contribution in [0, 0.1) is 6.92 Å². The van der Waals surface area contributed by atoms with E-state index in [1.54, 1.807) is 16.8 Å². The van der Waals surface area contributed by atoms with Crippen molar-refractivity contribution in [1.82, 2.24) is 14.5 Å². The fraction of sp³-hybridized carbons (Fsp3) is 0.0417. The van der Waals surface area contributed by atoms with Crippen molar-refractivity contribution in [2.75, 3.05) is 5.32 Å². The minimum Gasteiger partial charge on any atom is -0.356 e. The Kier molecular flexibility index (Phi) is 4.06.